The number of nitrogens with zero attached hydrogens (tertiary/aromatic N) is 5. The van der Waals surface area contributed by atoms with Gasteiger partial charge in [-0.2, -0.15) is 10.5 Å². The maximum atomic E-state index is 13.9. The molecule has 4 heterocycles. The maximum Gasteiger partial charge on any atom is 0.185 e. The molecule has 148 valence electrons. The molecule has 0 unspecified atom stereocenters. The Morgan fingerprint density at radius 1 is 1.00 bits per heavy atom. The van der Waals surface area contributed by atoms with Gasteiger partial charge in [0, 0.05) is 30.1 Å². The van der Waals surface area contributed by atoms with Crippen LogP contribution < -0.4 is 4.90 Å². The summed E-state index contributed by atoms with van der Waals surface area (Å²) in [6.07, 6.45) is 8.62. The predicted octanol–water partition coefficient (Wildman–Crippen LogP) is 3.76. The molecule has 0 saturated carbocycles. The van der Waals surface area contributed by atoms with E-state index < -0.39 is 23.4 Å². The molecule has 5 rings (SSSR count). The van der Waals surface area contributed by atoms with Crippen molar-refractivity contribution in [3.8, 4) is 12.1 Å². The highest BCUT2D eigenvalue weighted by molar-refractivity contribution is 6.04. The zero-order valence-electron chi connectivity index (χ0n) is 16.5. The molecule has 1 saturated heterocycles. The molecule has 31 heavy (non-hydrogen) atoms. The second-order valence-corrected chi connectivity index (χ2v) is 7.65. The zero-order valence-corrected chi connectivity index (χ0v) is 16.5. The van der Waals surface area contributed by atoms with Crippen LogP contribution in [0.25, 0.3) is 6.08 Å². The van der Waals surface area contributed by atoms with E-state index in [4.69, 9.17) is 0 Å². The third-order valence-corrected chi connectivity index (χ3v) is 6.14. The number of nitriles is 2. The minimum Gasteiger partial charge on any atom is -0.349 e. The highest BCUT2D eigenvalue weighted by Crippen LogP contribution is 2.55. The van der Waals surface area contributed by atoms with E-state index in [1.54, 1.807) is 42.9 Å². The fourth-order valence-corrected chi connectivity index (χ4v) is 4.82. The normalized spacial score (nSPS) is 22.6. The summed E-state index contributed by atoms with van der Waals surface area (Å²) in [4.78, 5) is 24.4. The maximum absolute atomic E-state index is 13.9. The van der Waals surface area contributed by atoms with E-state index >= 15 is 0 Å². The largest absolute Gasteiger partial charge is 0.349 e. The van der Waals surface area contributed by atoms with Crippen molar-refractivity contribution in [2.45, 2.75) is 18.0 Å². The van der Waals surface area contributed by atoms with Gasteiger partial charge in [0.25, 0.3) is 0 Å². The van der Waals surface area contributed by atoms with Crippen LogP contribution in [-0.2, 0) is 0 Å². The third-order valence-electron chi connectivity index (χ3n) is 6.14. The van der Waals surface area contributed by atoms with Crippen LogP contribution in [0, 0.1) is 28.1 Å². The average Bonchev–Trinajstić information content (AvgIpc) is 3.15. The molecule has 1 aromatic carbocycles. The zero-order chi connectivity index (χ0) is 21.4. The van der Waals surface area contributed by atoms with Crippen LogP contribution in [0.3, 0.4) is 0 Å². The van der Waals surface area contributed by atoms with Crippen LogP contribution in [0.5, 0.6) is 0 Å². The van der Waals surface area contributed by atoms with Gasteiger partial charge in [-0.25, -0.2) is 0 Å². The molecule has 2 aliphatic rings. The van der Waals surface area contributed by atoms with Crippen LogP contribution in [-0.4, -0.2) is 27.8 Å². The van der Waals surface area contributed by atoms with Gasteiger partial charge in [0.2, 0.25) is 0 Å². The lowest BCUT2D eigenvalue weighted by atomic mass is 9.69. The van der Waals surface area contributed by atoms with Crippen molar-refractivity contribution < 1.29 is 4.79 Å². The number of anilines is 1. The molecule has 6 nitrogen and oxygen atoms in total. The smallest absolute Gasteiger partial charge is 0.185 e. The first-order valence-electron chi connectivity index (χ1n) is 9.94. The lowest BCUT2D eigenvalue weighted by Gasteiger charge is -2.34. The number of benzene rings is 1. The van der Waals surface area contributed by atoms with Gasteiger partial charge < -0.3 is 4.90 Å². The monoisotopic (exact) mass is 403 g/mol. The van der Waals surface area contributed by atoms with Crippen molar-refractivity contribution in [2.24, 2.45) is 5.41 Å². The van der Waals surface area contributed by atoms with Gasteiger partial charge in [0.05, 0.1) is 29.6 Å². The number of carbonyl (C=O) groups is 1. The quantitative estimate of drug-likeness (QED) is 0.618. The van der Waals surface area contributed by atoms with Crippen molar-refractivity contribution in [1.82, 2.24) is 9.97 Å². The highest BCUT2D eigenvalue weighted by atomic mass is 16.1. The molecule has 0 radical (unpaired) electrons. The summed E-state index contributed by atoms with van der Waals surface area (Å²) in [5, 5.41) is 20.6. The van der Waals surface area contributed by atoms with Gasteiger partial charge in [-0.1, -0.05) is 42.5 Å². The topological polar surface area (TPSA) is 93.7 Å². The van der Waals surface area contributed by atoms with E-state index in [1.807, 2.05) is 47.4 Å². The van der Waals surface area contributed by atoms with Gasteiger partial charge in [-0.3, -0.25) is 14.8 Å². The second-order valence-electron chi connectivity index (χ2n) is 7.65. The van der Waals surface area contributed by atoms with E-state index in [2.05, 4.69) is 22.1 Å². The van der Waals surface area contributed by atoms with Crippen molar-refractivity contribution in [3.63, 3.8) is 0 Å². The third kappa shape index (κ3) is 2.66. The summed E-state index contributed by atoms with van der Waals surface area (Å²) >= 11 is 0. The number of rotatable bonds is 3. The van der Waals surface area contributed by atoms with Crippen molar-refractivity contribution in [3.05, 3.63) is 96.1 Å². The standard InChI is InChI=1S/C25H17N5O/c26-15-25(16-27)21-11-10-19-20(9-5-13-29-19)30(21)23(22(25)18-8-4-12-28-14-18)24(31)17-6-2-1-3-7-17/h1-14,21-23H/t21-,22-,23+/m1/s1. The molecular formula is C25H17N5O. The molecule has 1 fully saturated rings. The van der Waals surface area contributed by atoms with Crippen molar-refractivity contribution in [1.29, 1.82) is 10.5 Å². The number of hydrogen-bond donors (Lipinski definition) is 0. The Bertz CT molecular complexity index is 1240. The Kier molecular flexibility index (Phi) is 4.34. The number of hydrogen-bond acceptors (Lipinski definition) is 6. The van der Waals surface area contributed by atoms with Crippen LogP contribution in [0.1, 0.15) is 27.5 Å². The van der Waals surface area contributed by atoms with Gasteiger partial charge in [-0.15, -0.1) is 0 Å². The minimum atomic E-state index is -1.47. The summed E-state index contributed by atoms with van der Waals surface area (Å²) in [5.74, 6) is -0.832. The van der Waals surface area contributed by atoms with Crippen LogP contribution in [0.15, 0.2) is 79.3 Å². The van der Waals surface area contributed by atoms with Gasteiger partial charge in [0.1, 0.15) is 6.04 Å². The van der Waals surface area contributed by atoms with E-state index in [0.717, 1.165) is 5.69 Å². The molecule has 6 heteroatoms. The van der Waals surface area contributed by atoms with Crippen LogP contribution >= 0.6 is 0 Å². The summed E-state index contributed by atoms with van der Waals surface area (Å²) in [6.45, 7) is 0. The number of Topliss-reactive ketones (excluding diaryl/α,β-unsaturated/α-hetero) is 1. The SMILES string of the molecule is N#CC1(C#N)[C@H](c2cccnc2)[C@@H](C(=O)c2ccccc2)N2c3cccnc3C=C[C@@H]21. The summed E-state index contributed by atoms with van der Waals surface area (Å²) in [5.41, 5.74) is 1.20. The summed E-state index contributed by atoms with van der Waals surface area (Å²) in [7, 11) is 0. The number of ketones is 1. The van der Waals surface area contributed by atoms with Crippen LogP contribution in [0.2, 0.25) is 0 Å². The molecule has 3 atom stereocenters. The Morgan fingerprint density at radius 2 is 1.77 bits per heavy atom. The van der Waals surface area contributed by atoms with Crippen molar-refractivity contribution in [2.75, 3.05) is 4.90 Å². The van der Waals surface area contributed by atoms with Crippen LogP contribution in [0.4, 0.5) is 5.69 Å². The van der Waals surface area contributed by atoms with E-state index in [-0.39, 0.29) is 5.78 Å². The van der Waals surface area contributed by atoms with Gasteiger partial charge in [0.15, 0.2) is 11.2 Å². The van der Waals surface area contributed by atoms with Gasteiger partial charge in [-0.05, 0) is 29.8 Å². The second kappa shape index (κ2) is 7.19. The lowest BCUT2D eigenvalue weighted by molar-refractivity contribution is 0.0951. The van der Waals surface area contributed by atoms with Crippen molar-refractivity contribution >= 4 is 17.5 Å². The number of pyridine rings is 2. The fourth-order valence-electron chi connectivity index (χ4n) is 4.82. The van der Waals surface area contributed by atoms with E-state index in [9.17, 15) is 15.3 Å². The number of fused-ring (bicyclic) bond motifs is 3. The predicted molar refractivity (Wildman–Crippen MR) is 115 cm³/mol. The number of aromatic nitrogens is 2. The molecule has 2 aliphatic heterocycles. The Balaban J connectivity index is 1.79. The molecular weight excluding hydrogens is 386 g/mol. The van der Waals surface area contributed by atoms with Gasteiger partial charge >= 0.3 is 0 Å². The average molecular weight is 403 g/mol. The molecule has 0 aliphatic carbocycles. The first-order chi connectivity index (χ1) is 15.2. The van der Waals surface area contributed by atoms with E-state index in [1.165, 1.54) is 0 Å². The molecule has 2 aromatic heterocycles. The fraction of sp³-hybridized carbons (Fsp3) is 0.160. The molecule has 3 aromatic rings. The molecule has 0 amide bonds. The summed E-state index contributed by atoms with van der Waals surface area (Å²) in [6, 6.07) is 19.5. The highest BCUT2D eigenvalue weighted by Gasteiger charge is 2.63. The van der Waals surface area contributed by atoms with E-state index in [0.29, 0.717) is 16.8 Å². The molecule has 0 spiro atoms. The minimum absolute atomic E-state index is 0.142. The summed E-state index contributed by atoms with van der Waals surface area (Å²) < 4.78 is 0. The first-order valence-corrected chi connectivity index (χ1v) is 9.94. The Morgan fingerprint density at radius 3 is 2.48 bits per heavy atom. The lowest BCUT2D eigenvalue weighted by Crippen LogP contribution is -2.44. The Hall–Kier alpha value is -4.29. The first kappa shape index (κ1) is 18.7. The Labute approximate surface area is 179 Å². The molecule has 0 N–H and O–H groups in total. The number of carbonyl (C=O) groups excluding carboxylic acids is 1. The molecule has 0 bridgehead atoms.